The summed E-state index contributed by atoms with van der Waals surface area (Å²) in [6.45, 7) is 0.875. The highest BCUT2D eigenvalue weighted by Crippen LogP contribution is 2.28. The van der Waals surface area contributed by atoms with Crippen LogP contribution in [0.3, 0.4) is 0 Å². The Hall–Kier alpha value is -0.130. The Balaban J connectivity index is 1.71. The van der Waals surface area contributed by atoms with Crippen molar-refractivity contribution in [3.63, 3.8) is 0 Å². The zero-order chi connectivity index (χ0) is 15.3. The molecule has 2 fully saturated rings. The predicted molar refractivity (Wildman–Crippen MR) is 86.1 cm³/mol. The fourth-order valence-corrected chi connectivity index (χ4v) is 5.44. The van der Waals surface area contributed by atoms with Crippen molar-refractivity contribution in [2.45, 2.75) is 81.6 Å². The summed E-state index contributed by atoms with van der Waals surface area (Å²) in [7, 11) is -2.94. The van der Waals surface area contributed by atoms with Gasteiger partial charge in [-0.05, 0) is 51.0 Å². The first-order valence-corrected chi connectivity index (χ1v) is 10.5. The highest BCUT2D eigenvalue weighted by Gasteiger charge is 2.32. The summed E-state index contributed by atoms with van der Waals surface area (Å²) in [5.41, 5.74) is 0. The third kappa shape index (κ3) is 5.22. The van der Waals surface area contributed by atoms with Crippen molar-refractivity contribution in [3.8, 4) is 0 Å². The standard InChI is InChI=1S/C16H31NO3S/c1-21(19,20)16-11-5-3-9-14(16)17-12-6-8-13-7-2-4-10-15(13)18/h13-18H,2-12H2,1H3. The number of aliphatic hydroxyl groups excluding tert-OH is 1. The summed E-state index contributed by atoms with van der Waals surface area (Å²) in [4.78, 5) is 0. The monoisotopic (exact) mass is 317 g/mol. The second kappa shape index (κ2) is 7.93. The van der Waals surface area contributed by atoms with Gasteiger partial charge in [-0.15, -0.1) is 0 Å². The quantitative estimate of drug-likeness (QED) is 0.738. The molecule has 21 heavy (non-hydrogen) atoms. The number of sulfone groups is 1. The normalized spacial score (nSPS) is 34.8. The van der Waals surface area contributed by atoms with Gasteiger partial charge in [-0.1, -0.05) is 25.7 Å². The van der Waals surface area contributed by atoms with Crippen LogP contribution in [-0.2, 0) is 9.84 Å². The van der Waals surface area contributed by atoms with E-state index < -0.39 is 9.84 Å². The molecule has 0 aliphatic heterocycles. The van der Waals surface area contributed by atoms with E-state index in [1.807, 2.05) is 0 Å². The predicted octanol–water partition coefficient (Wildman–Crippen LogP) is 2.26. The Labute approximate surface area is 129 Å². The zero-order valence-corrected chi connectivity index (χ0v) is 14.1. The Bertz CT molecular complexity index is 410. The zero-order valence-electron chi connectivity index (χ0n) is 13.3. The van der Waals surface area contributed by atoms with Crippen LogP contribution in [0.15, 0.2) is 0 Å². The van der Waals surface area contributed by atoms with Gasteiger partial charge in [0.1, 0.15) is 0 Å². The molecule has 124 valence electrons. The topological polar surface area (TPSA) is 66.4 Å². The Morgan fingerprint density at radius 2 is 1.71 bits per heavy atom. The average molecular weight is 317 g/mol. The minimum atomic E-state index is -2.94. The number of rotatable bonds is 6. The molecule has 0 spiro atoms. The van der Waals surface area contributed by atoms with E-state index in [0.29, 0.717) is 5.92 Å². The SMILES string of the molecule is CS(=O)(=O)C1CCCCC1NCCCC1CCCCC1O. The molecule has 2 N–H and O–H groups in total. The second-order valence-electron chi connectivity index (χ2n) is 6.97. The molecular formula is C16H31NO3S. The fraction of sp³-hybridized carbons (Fsp3) is 1.00. The van der Waals surface area contributed by atoms with Gasteiger partial charge in [-0.3, -0.25) is 0 Å². The van der Waals surface area contributed by atoms with Gasteiger partial charge >= 0.3 is 0 Å². The third-order valence-electron chi connectivity index (χ3n) is 5.28. The van der Waals surface area contributed by atoms with Gasteiger partial charge in [0.15, 0.2) is 9.84 Å². The van der Waals surface area contributed by atoms with Gasteiger partial charge in [-0.2, -0.15) is 0 Å². The molecule has 2 aliphatic carbocycles. The summed E-state index contributed by atoms with van der Waals surface area (Å²) >= 11 is 0. The molecule has 2 rings (SSSR count). The minimum absolute atomic E-state index is 0.114. The molecule has 2 aliphatic rings. The van der Waals surface area contributed by atoms with Crippen LogP contribution in [0.4, 0.5) is 0 Å². The summed E-state index contributed by atoms with van der Waals surface area (Å²) in [5, 5.41) is 13.2. The first kappa shape index (κ1) is 17.2. The van der Waals surface area contributed by atoms with Gasteiger partial charge in [0.05, 0.1) is 11.4 Å². The lowest BCUT2D eigenvalue weighted by Crippen LogP contribution is -2.46. The maximum Gasteiger partial charge on any atom is 0.151 e. The fourth-order valence-electron chi connectivity index (χ4n) is 4.02. The van der Waals surface area contributed by atoms with Gasteiger partial charge in [-0.25, -0.2) is 8.42 Å². The van der Waals surface area contributed by atoms with Crippen LogP contribution in [0.2, 0.25) is 0 Å². The molecule has 0 bridgehead atoms. The second-order valence-corrected chi connectivity index (χ2v) is 9.23. The van der Waals surface area contributed by atoms with Gasteiger partial charge in [0.2, 0.25) is 0 Å². The Morgan fingerprint density at radius 3 is 2.43 bits per heavy atom. The molecule has 0 heterocycles. The van der Waals surface area contributed by atoms with Crippen LogP contribution in [-0.4, -0.2) is 43.7 Å². The van der Waals surface area contributed by atoms with Crippen LogP contribution in [0.5, 0.6) is 0 Å². The molecular weight excluding hydrogens is 286 g/mol. The summed E-state index contributed by atoms with van der Waals surface area (Å²) in [6.07, 6.45) is 11.8. The van der Waals surface area contributed by atoms with Crippen LogP contribution < -0.4 is 5.32 Å². The van der Waals surface area contributed by atoms with Crippen molar-refractivity contribution in [1.82, 2.24) is 5.32 Å². The summed E-state index contributed by atoms with van der Waals surface area (Å²) < 4.78 is 23.7. The molecule has 4 nitrogen and oxygen atoms in total. The van der Waals surface area contributed by atoms with E-state index in [1.165, 1.54) is 12.7 Å². The molecule has 0 amide bonds. The average Bonchev–Trinajstić information content (AvgIpc) is 2.45. The van der Waals surface area contributed by atoms with Gasteiger partial charge in [0.25, 0.3) is 0 Å². The maximum absolute atomic E-state index is 11.8. The first-order chi connectivity index (χ1) is 9.98. The smallest absolute Gasteiger partial charge is 0.151 e. The molecule has 0 saturated heterocycles. The molecule has 4 atom stereocenters. The van der Waals surface area contributed by atoms with Crippen molar-refractivity contribution in [2.75, 3.05) is 12.8 Å². The van der Waals surface area contributed by atoms with E-state index in [-0.39, 0.29) is 17.4 Å². The number of hydrogen-bond donors (Lipinski definition) is 2. The van der Waals surface area contributed by atoms with E-state index in [1.54, 1.807) is 0 Å². The van der Waals surface area contributed by atoms with Crippen molar-refractivity contribution in [2.24, 2.45) is 5.92 Å². The molecule has 2 saturated carbocycles. The van der Waals surface area contributed by atoms with E-state index in [4.69, 9.17) is 0 Å². The van der Waals surface area contributed by atoms with E-state index in [9.17, 15) is 13.5 Å². The van der Waals surface area contributed by atoms with Crippen molar-refractivity contribution in [3.05, 3.63) is 0 Å². The number of aliphatic hydroxyl groups is 1. The lowest BCUT2D eigenvalue weighted by molar-refractivity contribution is 0.0641. The van der Waals surface area contributed by atoms with Crippen LogP contribution >= 0.6 is 0 Å². The van der Waals surface area contributed by atoms with Crippen LogP contribution in [0.25, 0.3) is 0 Å². The Kier molecular flexibility index (Phi) is 6.51. The third-order valence-corrected chi connectivity index (χ3v) is 6.94. The van der Waals surface area contributed by atoms with Crippen molar-refractivity contribution >= 4 is 9.84 Å². The van der Waals surface area contributed by atoms with E-state index in [2.05, 4.69) is 5.32 Å². The van der Waals surface area contributed by atoms with Crippen LogP contribution in [0.1, 0.15) is 64.2 Å². The lowest BCUT2D eigenvalue weighted by Gasteiger charge is -2.31. The number of hydrogen-bond acceptors (Lipinski definition) is 4. The first-order valence-electron chi connectivity index (χ1n) is 8.59. The lowest BCUT2D eigenvalue weighted by atomic mass is 9.83. The van der Waals surface area contributed by atoms with Gasteiger partial charge < -0.3 is 10.4 Å². The molecule has 4 unspecified atom stereocenters. The summed E-state index contributed by atoms with van der Waals surface area (Å²) in [6, 6.07) is 0.130. The number of nitrogens with one attached hydrogen (secondary N) is 1. The van der Waals surface area contributed by atoms with Gasteiger partial charge in [0, 0.05) is 12.3 Å². The van der Waals surface area contributed by atoms with Crippen LogP contribution in [0, 0.1) is 5.92 Å². The molecule has 5 heteroatoms. The highest BCUT2D eigenvalue weighted by molar-refractivity contribution is 7.91. The summed E-state index contributed by atoms with van der Waals surface area (Å²) in [5.74, 6) is 0.456. The van der Waals surface area contributed by atoms with Crippen molar-refractivity contribution < 1.29 is 13.5 Å². The molecule has 0 aromatic rings. The van der Waals surface area contributed by atoms with E-state index >= 15 is 0 Å². The molecule has 0 radical (unpaired) electrons. The van der Waals surface area contributed by atoms with E-state index in [0.717, 1.165) is 64.3 Å². The molecule has 0 aromatic heterocycles. The maximum atomic E-state index is 11.8. The van der Waals surface area contributed by atoms with Crippen molar-refractivity contribution in [1.29, 1.82) is 0 Å². The molecule has 0 aromatic carbocycles. The highest BCUT2D eigenvalue weighted by atomic mass is 32.2. The Morgan fingerprint density at radius 1 is 1.05 bits per heavy atom. The minimum Gasteiger partial charge on any atom is -0.393 e. The largest absolute Gasteiger partial charge is 0.393 e.